The van der Waals surface area contributed by atoms with Crippen molar-refractivity contribution >= 4 is 40.6 Å². The summed E-state index contributed by atoms with van der Waals surface area (Å²) in [6, 6.07) is 0. The molecule has 0 fully saturated rings. The van der Waals surface area contributed by atoms with Crippen LogP contribution in [0.1, 0.15) is 59.3 Å². The Hall–Kier alpha value is 0.839. The molecule has 0 aliphatic heterocycles. The van der Waals surface area contributed by atoms with Crippen LogP contribution < -0.4 is 0 Å². The van der Waals surface area contributed by atoms with Gasteiger partial charge in [0.25, 0.3) is 0 Å². The monoisotopic (exact) mass is 412 g/mol. The Balaban J connectivity index is 3.37. The fourth-order valence-corrected chi connectivity index (χ4v) is 10.7. The zero-order valence-electron chi connectivity index (χ0n) is 12.6. The predicted molar refractivity (Wildman–Crippen MR) is 89.8 cm³/mol. The summed E-state index contributed by atoms with van der Waals surface area (Å²) in [6.07, 6.45) is 7.12. The Morgan fingerprint density at radius 3 is 2.63 bits per heavy atom. The number of unbranched alkanes of at least 4 members (excludes halogenated alkanes) is 3. The second-order valence-electron chi connectivity index (χ2n) is 5.23. The van der Waals surface area contributed by atoms with Crippen LogP contribution in [0.15, 0.2) is 0 Å². The summed E-state index contributed by atoms with van der Waals surface area (Å²) in [5.74, 6) is 1.21. The van der Waals surface area contributed by atoms with Gasteiger partial charge in [0.2, 0.25) is 0 Å². The Morgan fingerprint density at radius 2 is 2.00 bits per heavy atom. The van der Waals surface area contributed by atoms with Crippen molar-refractivity contribution in [3.05, 3.63) is 0 Å². The van der Waals surface area contributed by atoms with Crippen molar-refractivity contribution in [1.82, 2.24) is 0 Å². The van der Waals surface area contributed by atoms with E-state index in [4.69, 9.17) is 14.0 Å². The number of ether oxygens (including phenoxy) is 1. The fraction of sp³-hybridized carbons (Fsp3) is 0.929. The van der Waals surface area contributed by atoms with Crippen molar-refractivity contribution in [1.29, 1.82) is 0 Å². The van der Waals surface area contributed by atoms with Crippen LogP contribution in [0.4, 0.5) is 0 Å². The molecule has 0 aromatic rings. The average Bonchev–Trinajstić information content (AvgIpc) is 2.37. The van der Waals surface area contributed by atoms with E-state index in [1.807, 2.05) is 0 Å². The maximum atomic E-state index is 11.5. The minimum absolute atomic E-state index is 0.0618. The van der Waals surface area contributed by atoms with Crippen molar-refractivity contribution in [3.8, 4) is 0 Å². The molecular formula is C14H28O2S2Sn. The summed E-state index contributed by atoms with van der Waals surface area (Å²) in [5.41, 5.74) is 0. The van der Waals surface area contributed by atoms with Crippen LogP contribution in [0.25, 0.3) is 0 Å². The molecule has 0 rings (SSSR count). The minimum atomic E-state index is -1.68. The van der Waals surface area contributed by atoms with Crippen molar-refractivity contribution < 1.29 is 9.53 Å². The van der Waals surface area contributed by atoms with Crippen LogP contribution in [0.5, 0.6) is 0 Å². The Bertz CT molecular complexity index is 258. The molecule has 0 saturated heterocycles. The molecule has 19 heavy (non-hydrogen) atoms. The van der Waals surface area contributed by atoms with Crippen LogP contribution in [-0.4, -0.2) is 34.8 Å². The van der Waals surface area contributed by atoms with Crippen LogP contribution >= 0.6 is 18.2 Å². The number of hydrogen-bond donors (Lipinski definition) is 0. The van der Waals surface area contributed by atoms with E-state index >= 15 is 0 Å². The Labute approximate surface area is 131 Å². The van der Waals surface area contributed by atoms with E-state index in [1.165, 1.54) is 30.1 Å². The average molecular weight is 411 g/mol. The first-order chi connectivity index (χ1) is 9.06. The van der Waals surface area contributed by atoms with Crippen LogP contribution in [0.3, 0.4) is 0 Å². The van der Waals surface area contributed by atoms with Crippen LogP contribution in [0.2, 0.25) is 4.44 Å². The summed E-state index contributed by atoms with van der Waals surface area (Å²) in [7, 11) is 7.20. The molecule has 112 valence electrons. The summed E-state index contributed by atoms with van der Waals surface area (Å²) >= 11 is -1.68. The molecule has 0 heterocycles. The second kappa shape index (κ2) is 13.8. The molecule has 0 atom stereocenters. The van der Waals surface area contributed by atoms with Crippen LogP contribution in [0, 0.1) is 5.92 Å². The van der Waals surface area contributed by atoms with Gasteiger partial charge in [0.05, 0.1) is 0 Å². The van der Waals surface area contributed by atoms with Gasteiger partial charge in [0.1, 0.15) is 0 Å². The normalized spacial score (nSPS) is 10.7. The molecule has 5 heteroatoms. The van der Waals surface area contributed by atoms with Gasteiger partial charge in [-0.2, -0.15) is 0 Å². The van der Waals surface area contributed by atoms with Gasteiger partial charge in [-0.3, -0.25) is 0 Å². The fourth-order valence-electron chi connectivity index (χ4n) is 1.59. The molecule has 0 N–H and O–H groups in total. The van der Waals surface area contributed by atoms with E-state index in [2.05, 4.69) is 20.8 Å². The summed E-state index contributed by atoms with van der Waals surface area (Å²) in [6.45, 7) is 7.26. The van der Waals surface area contributed by atoms with Gasteiger partial charge in [-0.1, -0.05) is 0 Å². The Morgan fingerprint density at radius 1 is 1.26 bits per heavy atom. The van der Waals surface area contributed by atoms with E-state index in [9.17, 15) is 4.79 Å². The number of rotatable bonds is 12. The quantitative estimate of drug-likeness (QED) is 0.258. The predicted octanol–water partition coefficient (Wildman–Crippen LogP) is 4.97. The molecule has 0 unspecified atom stereocenters. The Kier molecular flexibility index (Phi) is 14.4. The van der Waals surface area contributed by atoms with E-state index in [0.29, 0.717) is 12.4 Å². The van der Waals surface area contributed by atoms with Gasteiger partial charge in [-0.25, -0.2) is 0 Å². The first kappa shape index (κ1) is 19.8. The van der Waals surface area contributed by atoms with Gasteiger partial charge < -0.3 is 0 Å². The standard InChI is InChI=1S/C10H20O2S.C4H9.S.Sn/c1-9(2)6-4-3-5-7-12-10(11)8-13;1-3-4-2;;/h9,13H,3-8H2,1-2H3;1,3-4H2,2H3;;/q;;;+1/p-1. The maximum absolute atomic E-state index is 11.5. The van der Waals surface area contributed by atoms with E-state index in [1.54, 1.807) is 8.95 Å². The van der Waals surface area contributed by atoms with E-state index < -0.39 is 16.4 Å². The number of carbonyl (C=O) groups is 1. The topological polar surface area (TPSA) is 26.3 Å². The zero-order valence-corrected chi connectivity index (χ0v) is 17.1. The molecule has 0 radical (unpaired) electrons. The third-order valence-corrected chi connectivity index (χ3v) is 14.8. The third kappa shape index (κ3) is 15.1. The van der Waals surface area contributed by atoms with E-state index in [-0.39, 0.29) is 5.97 Å². The van der Waals surface area contributed by atoms with Gasteiger partial charge >= 0.3 is 132 Å². The van der Waals surface area contributed by atoms with Crippen molar-refractivity contribution in [2.75, 3.05) is 12.4 Å². The first-order valence-corrected chi connectivity index (χ1v) is 17.8. The molecule has 0 aliphatic rings. The van der Waals surface area contributed by atoms with E-state index in [0.717, 1.165) is 18.8 Å². The van der Waals surface area contributed by atoms with Gasteiger partial charge in [0, 0.05) is 0 Å². The molecule has 0 bridgehead atoms. The molecule has 0 saturated carbocycles. The molecule has 0 aliphatic carbocycles. The molecule has 2 nitrogen and oxygen atoms in total. The zero-order chi connectivity index (χ0) is 14.5. The van der Waals surface area contributed by atoms with Crippen molar-refractivity contribution in [2.24, 2.45) is 5.92 Å². The third-order valence-electron chi connectivity index (χ3n) is 2.77. The summed E-state index contributed by atoms with van der Waals surface area (Å²) < 4.78 is 6.44. The first-order valence-electron chi connectivity index (χ1n) is 7.37. The molecule has 0 spiro atoms. The number of esters is 1. The van der Waals surface area contributed by atoms with Gasteiger partial charge in [-0.05, 0) is 0 Å². The molecule has 0 amide bonds. The molecular weight excluding hydrogens is 383 g/mol. The van der Waals surface area contributed by atoms with Crippen molar-refractivity contribution in [3.63, 3.8) is 0 Å². The second-order valence-corrected chi connectivity index (χ2v) is 20.2. The number of hydrogen-bond acceptors (Lipinski definition) is 4. The van der Waals surface area contributed by atoms with Crippen LogP contribution in [-0.2, 0) is 9.53 Å². The molecule has 0 aromatic heterocycles. The summed E-state index contributed by atoms with van der Waals surface area (Å²) in [4.78, 5) is 11.5. The summed E-state index contributed by atoms with van der Waals surface area (Å²) in [5, 5.41) is 0. The SMILES string of the molecule is CCC[CH2][Sn](=[S])[S]CC(=O)OCCCCCC(C)C. The van der Waals surface area contributed by atoms with Gasteiger partial charge in [0.15, 0.2) is 0 Å². The van der Waals surface area contributed by atoms with Crippen molar-refractivity contribution in [2.45, 2.75) is 63.7 Å². The molecule has 0 aromatic carbocycles. The number of carbonyl (C=O) groups excluding carboxylic acids is 1. The van der Waals surface area contributed by atoms with Gasteiger partial charge in [-0.15, -0.1) is 0 Å².